The first-order chi connectivity index (χ1) is 17.8. The lowest BCUT2D eigenvalue weighted by Gasteiger charge is -2.25. The van der Waals surface area contributed by atoms with Crippen molar-refractivity contribution in [3.8, 4) is 17.0 Å². The molecule has 2 aromatic carbocycles. The Morgan fingerprint density at radius 2 is 1.84 bits per heavy atom. The van der Waals surface area contributed by atoms with Gasteiger partial charge in [-0.25, -0.2) is 22.9 Å². The van der Waals surface area contributed by atoms with Crippen LogP contribution in [0.2, 0.25) is 0 Å². The fraction of sp³-hybridized carbons (Fsp3) is 0.357. The Bertz CT molecular complexity index is 1430. The Labute approximate surface area is 218 Å². The Morgan fingerprint density at radius 3 is 2.49 bits per heavy atom. The van der Waals surface area contributed by atoms with Gasteiger partial charge < -0.3 is 10.1 Å². The average Bonchev–Trinajstić information content (AvgIpc) is 3.52. The molecule has 2 amide bonds. The molecular weight excluding hydrogens is 488 g/mol. The maximum Gasteiger partial charge on any atom is 0.322 e. The number of nitrogens with one attached hydrogen (secondary N) is 2. The van der Waals surface area contributed by atoms with Crippen LogP contribution in [0.4, 0.5) is 10.5 Å². The van der Waals surface area contributed by atoms with Crippen LogP contribution in [0.3, 0.4) is 0 Å². The number of aryl methyl sites for hydroxylation is 1. The second kappa shape index (κ2) is 9.79. The summed E-state index contributed by atoms with van der Waals surface area (Å²) in [6.07, 6.45) is 6.29. The summed E-state index contributed by atoms with van der Waals surface area (Å²) < 4.78 is 31.5. The number of fused-ring (bicyclic) bond motifs is 2. The number of carbonyl (C=O) groups excluding carboxylic acids is 1. The minimum absolute atomic E-state index is 0.0281. The van der Waals surface area contributed by atoms with Gasteiger partial charge in [0.15, 0.2) is 0 Å². The van der Waals surface area contributed by atoms with E-state index in [9.17, 15) is 13.2 Å². The third-order valence-corrected chi connectivity index (χ3v) is 9.11. The monoisotopic (exact) mass is 520 g/mol. The molecule has 5 rings (SSSR count). The van der Waals surface area contributed by atoms with Crippen molar-refractivity contribution in [2.45, 2.75) is 49.5 Å². The van der Waals surface area contributed by atoms with E-state index >= 15 is 0 Å². The van der Waals surface area contributed by atoms with E-state index in [4.69, 9.17) is 4.74 Å². The van der Waals surface area contributed by atoms with Crippen LogP contribution in [0.25, 0.3) is 11.1 Å². The van der Waals surface area contributed by atoms with E-state index in [1.54, 1.807) is 31.4 Å². The minimum Gasteiger partial charge on any atom is -0.481 e. The largest absolute Gasteiger partial charge is 0.481 e. The standard InChI is InChI=1S/C28H32N4O4S/c1-19-14-26(36-3)30-17-23(19)21-8-11-25-24(15-21)28(12-4-5-13-28)18-32(25)27(33)31-16-20-6-9-22(10-7-20)37(34,35)29-2/h6-11,14-15,17,29H,4-5,12-13,16,18H2,1-3H3,(H,31,33). The topological polar surface area (TPSA) is 101 Å². The summed E-state index contributed by atoms with van der Waals surface area (Å²) in [4.78, 5) is 19.8. The lowest BCUT2D eigenvalue weighted by molar-refractivity contribution is 0.245. The van der Waals surface area contributed by atoms with Gasteiger partial charge in [0, 0.05) is 42.0 Å². The molecule has 0 unspecified atom stereocenters. The van der Waals surface area contributed by atoms with Gasteiger partial charge in [-0.2, -0.15) is 0 Å². The Kier molecular flexibility index (Phi) is 6.68. The number of hydrogen-bond acceptors (Lipinski definition) is 5. The van der Waals surface area contributed by atoms with Gasteiger partial charge in [-0.1, -0.05) is 31.0 Å². The number of benzene rings is 2. The summed E-state index contributed by atoms with van der Waals surface area (Å²) in [7, 11) is -0.495. The van der Waals surface area contributed by atoms with Crippen LogP contribution >= 0.6 is 0 Å². The van der Waals surface area contributed by atoms with Crippen molar-refractivity contribution < 1.29 is 17.9 Å². The van der Waals surface area contributed by atoms with Crippen LogP contribution in [0.5, 0.6) is 5.88 Å². The van der Waals surface area contributed by atoms with Crippen LogP contribution in [-0.2, 0) is 22.0 Å². The molecule has 1 spiro atoms. The van der Waals surface area contributed by atoms with E-state index in [0.29, 0.717) is 19.0 Å². The van der Waals surface area contributed by atoms with Gasteiger partial charge in [-0.3, -0.25) is 4.90 Å². The molecule has 2 N–H and O–H groups in total. The first kappa shape index (κ1) is 25.2. The molecule has 0 saturated heterocycles. The summed E-state index contributed by atoms with van der Waals surface area (Å²) in [5.41, 5.74) is 6.23. The molecule has 1 aliphatic carbocycles. The van der Waals surface area contributed by atoms with Crippen LogP contribution in [-0.4, -0.2) is 40.1 Å². The summed E-state index contributed by atoms with van der Waals surface area (Å²) in [6, 6.07) is 14.7. The Balaban J connectivity index is 1.38. The zero-order valence-corrected chi connectivity index (χ0v) is 22.2. The first-order valence-corrected chi connectivity index (χ1v) is 14.0. The molecule has 0 bridgehead atoms. The summed E-state index contributed by atoms with van der Waals surface area (Å²) in [5.74, 6) is 0.593. The molecule has 0 atom stereocenters. The number of rotatable bonds is 6. The van der Waals surface area contributed by atoms with Crippen molar-refractivity contribution in [3.05, 3.63) is 71.4 Å². The molecule has 9 heteroatoms. The summed E-state index contributed by atoms with van der Waals surface area (Å²) in [5, 5.41) is 3.03. The summed E-state index contributed by atoms with van der Waals surface area (Å²) >= 11 is 0. The Morgan fingerprint density at radius 1 is 1.11 bits per heavy atom. The number of urea groups is 1. The lowest BCUT2D eigenvalue weighted by Crippen LogP contribution is -2.41. The first-order valence-electron chi connectivity index (χ1n) is 12.5. The predicted octanol–water partition coefficient (Wildman–Crippen LogP) is 4.52. The quantitative estimate of drug-likeness (QED) is 0.498. The number of aromatic nitrogens is 1. The zero-order chi connectivity index (χ0) is 26.2. The van der Waals surface area contributed by atoms with Crippen LogP contribution in [0, 0.1) is 6.92 Å². The fourth-order valence-corrected chi connectivity index (χ4v) is 6.35. The molecule has 37 heavy (non-hydrogen) atoms. The van der Waals surface area contributed by atoms with E-state index in [0.717, 1.165) is 53.6 Å². The molecule has 194 valence electrons. The maximum absolute atomic E-state index is 13.4. The van der Waals surface area contributed by atoms with E-state index < -0.39 is 10.0 Å². The zero-order valence-electron chi connectivity index (χ0n) is 21.4. The van der Waals surface area contributed by atoms with Gasteiger partial charge in [0.2, 0.25) is 15.9 Å². The van der Waals surface area contributed by atoms with Crippen LogP contribution < -0.4 is 19.7 Å². The predicted molar refractivity (Wildman–Crippen MR) is 143 cm³/mol. The number of nitrogens with zero attached hydrogens (tertiary/aromatic N) is 2. The highest BCUT2D eigenvalue weighted by Gasteiger charge is 2.46. The van der Waals surface area contributed by atoms with Gasteiger partial charge >= 0.3 is 6.03 Å². The van der Waals surface area contributed by atoms with E-state index in [1.165, 1.54) is 12.6 Å². The van der Waals surface area contributed by atoms with Gasteiger partial charge in [-0.05, 0) is 73.3 Å². The normalized spacial score (nSPS) is 16.1. The third kappa shape index (κ3) is 4.69. The van der Waals surface area contributed by atoms with Crippen molar-refractivity contribution in [2.75, 3.05) is 25.6 Å². The molecule has 1 saturated carbocycles. The van der Waals surface area contributed by atoms with Crippen molar-refractivity contribution >= 4 is 21.7 Å². The molecular formula is C28H32N4O4S. The molecule has 1 aromatic heterocycles. The van der Waals surface area contributed by atoms with Gasteiger partial charge in [0.25, 0.3) is 0 Å². The van der Waals surface area contributed by atoms with Crippen molar-refractivity contribution in [2.24, 2.45) is 0 Å². The number of anilines is 1. The van der Waals surface area contributed by atoms with Crippen molar-refractivity contribution in [1.82, 2.24) is 15.0 Å². The van der Waals surface area contributed by atoms with E-state index in [1.807, 2.05) is 17.2 Å². The van der Waals surface area contributed by atoms with E-state index in [-0.39, 0.29) is 16.3 Å². The van der Waals surface area contributed by atoms with Gasteiger partial charge in [0.05, 0.1) is 12.0 Å². The molecule has 1 aliphatic heterocycles. The highest BCUT2D eigenvalue weighted by atomic mass is 32.2. The second-order valence-electron chi connectivity index (χ2n) is 9.86. The Hall–Kier alpha value is -3.43. The van der Waals surface area contributed by atoms with Crippen molar-refractivity contribution in [3.63, 3.8) is 0 Å². The lowest BCUT2D eigenvalue weighted by atomic mass is 9.80. The molecule has 1 fully saturated rings. The highest BCUT2D eigenvalue weighted by Crippen LogP contribution is 2.51. The number of sulfonamides is 1. The van der Waals surface area contributed by atoms with Crippen molar-refractivity contribution in [1.29, 1.82) is 0 Å². The summed E-state index contributed by atoms with van der Waals surface area (Å²) in [6.45, 7) is 3.03. The maximum atomic E-state index is 13.4. The molecule has 0 radical (unpaired) electrons. The molecule has 8 nitrogen and oxygen atoms in total. The highest BCUT2D eigenvalue weighted by molar-refractivity contribution is 7.89. The van der Waals surface area contributed by atoms with Gasteiger partial charge in [-0.15, -0.1) is 0 Å². The smallest absolute Gasteiger partial charge is 0.322 e. The molecule has 3 aromatic rings. The molecule has 2 aliphatic rings. The van der Waals surface area contributed by atoms with Crippen LogP contribution in [0.1, 0.15) is 42.4 Å². The SMILES string of the molecule is CNS(=O)(=O)c1ccc(CNC(=O)N2CC3(CCCC3)c3cc(-c4cnc(OC)cc4C)ccc32)cc1. The van der Waals surface area contributed by atoms with Gasteiger partial charge in [0.1, 0.15) is 0 Å². The number of pyridine rings is 1. The average molecular weight is 521 g/mol. The minimum atomic E-state index is -3.49. The number of hydrogen-bond donors (Lipinski definition) is 2. The molecule has 2 heterocycles. The number of ether oxygens (including phenoxy) is 1. The third-order valence-electron chi connectivity index (χ3n) is 7.68. The number of methoxy groups -OCH3 is 1. The number of carbonyl (C=O) groups is 1. The number of amides is 2. The second-order valence-corrected chi connectivity index (χ2v) is 11.7. The fourth-order valence-electron chi connectivity index (χ4n) is 5.62. The van der Waals surface area contributed by atoms with Crippen LogP contribution in [0.15, 0.2) is 59.6 Å². The van der Waals surface area contributed by atoms with E-state index in [2.05, 4.69) is 40.1 Å².